The molecule has 0 bridgehead atoms. The summed E-state index contributed by atoms with van der Waals surface area (Å²) in [4.78, 5) is 11.9. The van der Waals surface area contributed by atoms with Crippen LogP contribution in [0, 0.1) is 0 Å². The number of unbranched alkanes of at least 4 members (excludes halogenated alkanes) is 3. The first-order valence-corrected chi connectivity index (χ1v) is 7.47. The van der Waals surface area contributed by atoms with E-state index in [-0.39, 0.29) is 12.1 Å². The lowest BCUT2D eigenvalue weighted by Gasteiger charge is -2.29. The van der Waals surface area contributed by atoms with E-state index in [1.807, 2.05) is 20.8 Å². The first kappa shape index (κ1) is 18.4. The minimum atomic E-state index is -0.668. The average molecular weight is 273 g/mol. The van der Waals surface area contributed by atoms with Gasteiger partial charge in [0.2, 0.25) is 0 Å². The maximum Gasteiger partial charge on any atom is 0.326 e. The maximum atomic E-state index is 11.9. The molecule has 19 heavy (non-hydrogen) atoms. The van der Waals surface area contributed by atoms with E-state index in [9.17, 15) is 4.79 Å². The third kappa shape index (κ3) is 7.53. The van der Waals surface area contributed by atoms with E-state index in [2.05, 4.69) is 12.2 Å². The van der Waals surface area contributed by atoms with Crippen LogP contribution in [0.5, 0.6) is 0 Å². The lowest BCUT2D eigenvalue weighted by atomic mass is 9.95. The molecule has 0 aromatic heterocycles. The molecule has 0 aromatic rings. The topological polar surface area (TPSA) is 47.6 Å². The Morgan fingerprint density at radius 3 is 2.47 bits per heavy atom. The van der Waals surface area contributed by atoms with E-state index in [1.54, 1.807) is 7.05 Å². The van der Waals surface area contributed by atoms with Gasteiger partial charge in [-0.25, -0.2) is 0 Å². The first-order chi connectivity index (χ1) is 9.00. The van der Waals surface area contributed by atoms with Gasteiger partial charge in [-0.2, -0.15) is 0 Å². The second-order valence-corrected chi connectivity index (χ2v) is 5.25. The number of hydrogen-bond acceptors (Lipinski definition) is 4. The quantitative estimate of drug-likeness (QED) is 0.464. The molecule has 0 saturated heterocycles. The lowest BCUT2D eigenvalue weighted by Crippen LogP contribution is -2.50. The van der Waals surface area contributed by atoms with Gasteiger partial charge in [-0.05, 0) is 34.2 Å². The molecule has 0 aliphatic rings. The van der Waals surface area contributed by atoms with Crippen LogP contribution >= 0.6 is 0 Å². The predicted octanol–water partition coefficient (Wildman–Crippen LogP) is 2.90. The summed E-state index contributed by atoms with van der Waals surface area (Å²) in [5.41, 5.74) is -0.668. The molecule has 0 aromatic carbocycles. The Bertz CT molecular complexity index is 246. The Kier molecular flexibility index (Phi) is 9.88. The minimum Gasteiger partial charge on any atom is -0.465 e. The van der Waals surface area contributed by atoms with Crippen LogP contribution in [-0.2, 0) is 14.3 Å². The Morgan fingerprint density at radius 1 is 1.26 bits per heavy atom. The maximum absolute atomic E-state index is 11.9. The third-order valence-electron chi connectivity index (χ3n) is 3.37. The molecule has 2 unspecified atom stereocenters. The van der Waals surface area contributed by atoms with Gasteiger partial charge in [0.25, 0.3) is 0 Å². The molecule has 4 heteroatoms. The Hall–Kier alpha value is -0.610. The molecule has 0 aliphatic heterocycles. The van der Waals surface area contributed by atoms with Crippen LogP contribution in [0.3, 0.4) is 0 Å². The van der Waals surface area contributed by atoms with Crippen LogP contribution in [0.1, 0.15) is 59.8 Å². The summed E-state index contributed by atoms with van der Waals surface area (Å²) in [6, 6.07) is 0. The fourth-order valence-electron chi connectivity index (χ4n) is 2.03. The molecule has 0 amide bonds. The summed E-state index contributed by atoms with van der Waals surface area (Å²) in [5, 5.41) is 3.05. The van der Waals surface area contributed by atoms with Gasteiger partial charge in [0.1, 0.15) is 5.54 Å². The van der Waals surface area contributed by atoms with Crippen LogP contribution in [0.25, 0.3) is 0 Å². The Balaban J connectivity index is 4.04. The highest BCUT2D eigenvalue weighted by atomic mass is 16.5. The molecule has 1 N–H and O–H groups in total. The lowest BCUT2D eigenvalue weighted by molar-refractivity contribution is -0.152. The highest BCUT2D eigenvalue weighted by Gasteiger charge is 2.34. The summed E-state index contributed by atoms with van der Waals surface area (Å²) in [6.07, 6.45) is 5.46. The molecule has 0 heterocycles. The van der Waals surface area contributed by atoms with Crippen molar-refractivity contribution in [3.05, 3.63) is 0 Å². The zero-order valence-corrected chi connectivity index (χ0v) is 13.3. The summed E-state index contributed by atoms with van der Waals surface area (Å²) in [6.45, 7) is 9.06. The number of ether oxygens (including phenoxy) is 2. The van der Waals surface area contributed by atoms with Crippen LogP contribution in [0.15, 0.2) is 0 Å². The highest BCUT2D eigenvalue weighted by molar-refractivity contribution is 5.80. The molecular weight excluding hydrogens is 242 g/mol. The zero-order chi connectivity index (χ0) is 14.7. The third-order valence-corrected chi connectivity index (χ3v) is 3.37. The van der Waals surface area contributed by atoms with E-state index >= 15 is 0 Å². The van der Waals surface area contributed by atoms with Gasteiger partial charge >= 0.3 is 5.97 Å². The van der Waals surface area contributed by atoms with Gasteiger partial charge in [0.15, 0.2) is 0 Å². The van der Waals surface area contributed by atoms with Gasteiger partial charge in [-0.3, -0.25) is 4.79 Å². The molecule has 0 fully saturated rings. The van der Waals surface area contributed by atoms with E-state index in [4.69, 9.17) is 9.47 Å². The number of likely N-dealkylation sites (N-methyl/N-ethyl adjacent to an activating group) is 1. The molecule has 2 atom stereocenters. The molecule has 4 nitrogen and oxygen atoms in total. The second-order valence-electron chi connectivity index (χ2n) is 5.25. The van der Waals surface area contributed by atoms with Gasteiger partial charge in [0, 0.05) is 13.0 Å². The largest absolute Gasteiger partial charge is 0.465 e. The molecule has 0 radical (unpaired) electrons. The van der Waals surface area contributed by atoms with Crippen molar-refractivity contribution < 1.29 is 14.3 Å². The van der Waals surface area contributed by atoms with Crippen molar-refractivity contribution in [2.75, 3.05) is 20.3 Å². The minimum absolute atomic E-state index is 0.0449. The highest BCUT2D eigenvalue weighted by Crippen LogP contribution is 2.16. The SMILES string of the molecule is CCCCCCOC(C)CC(C)(NC)C(=O)OCC. The van der Waals surface area contributed by atoms with Crippen molar-refractivity contribution in [2.45, 2.75) is 71.4 Å². The van der Waals surface area contributed by atoms with Gasteiger partial charge in [0.05, 0.1) is 12.7 Å². The number of hydrogen-bond donors (Lipinski definition) is 1. The van der Waals surface area contributed by atoms with Crippen molar-refractivity contribution in [1.29, 1.82) is 0 Å². The van der Waals surface area contributed by atoms with E-state index in [1.165, 1.54) is 19.3 Å². The number of carbonyl (C=O) groups excluding carboxylic acids is 1. The van der Waals surface area contributed by atoms with Crippen molar-refractivity contribution in [2.24, 2.45) is 0 Å². The van der Waals surface area contributed by atoms with Gasteiger partial charge < -0.3 is 14.8 Å². The summed E-state index contributed by atoms with van der Waals surface area (Å²) in [5.74, 6) is -0.209. The summed E-state index contributed by atoms with van der Waals surface area (Å²) >= 11 is 0. The summed E-state index contributed by atoms with van der Waals surface area (Å²) < 4.78 is 10.9. The molecule has 114 valence electrons. The van der Waals surface area contributed by atoms with Crippen molar-refractivity contribution in [3.8, 4) is 0 Å². The van der Waals surface area contributed by atoms with Crippen LogP contribution in [-0.4, -0.2) is 37.9 Å². The van der Waals surface area contributed by atoms with E-state index in [0.29, 0.717) is 13.0 Å². The smallest absolute Gasteiger partial charge is 0.326 e. The monoisotopic (exact) mass is 273 g/mol. The molecule has 0 spiro atoms. The van der Waals surface area contributed by atoms with Crippen molar-refractivity contribution in [3.63, 3.8) is 0 Å². The van der Waals surface area contributed by atoms with Crippen LogP contribution in [0.2, 0.25) is 0 Å². The average Bonchev–Trinajstić information content (AvgIpc) is 2.38. The van der Waals surface area contributed by atoms with Crippen molar-refractivity contribution >= 4 is 5.97 Å². The second kappa shape index (κ2) is 10.2. The van der Waals surface area contributed by atoms with Crippen molar-refractivity contribution in [1.82, 2.24) is 5.32 Å². The van der Waals surface area contributed by atoms with E-state index in [0.717, 1.165) is 13.0 Å². The zero-order valence-electron chi connectivity index (χ0n) is 13.3. The fourth-order valence-corrected chi connectivity index (χ4v) is 2.03. The van der Waals surface area contributed by atoms with Gasteiger partial charge in [-0.1, -0.05) is 26.2 Å². The summed E-state index contributed by atoms with van der Waals surface area (Å²) in [7, 11) is 1.78. The standard InChI is InChI=1S/C15H31NO3/c1-6-8-9-10-11-19-13(3)12-15(4,16-5)14(17)18-7-2/h13,16H,6-12H2,1-5H3. The predicted molar refractivity (Wildman–Crippen MR) is 78.3 cm³/mol. The fraction of sp³-hybridized carbons (Fsp3) is 0.933. The number of nitrogens with one attached hydrogen (secondary N) is 1. The first-order valence-electron chi connectivity index (χ1n) is 7.47. The molecule has 0 rings (SSSR count). The number of rotatable bonds is 11. The molecule has 0 saturated carbocycles. The molecule has 0 aliphatic carbocycles. The number of esters is 1. The Labute approximate surface area is 118 Å². The normalized spacial score (nSPS) is 15.8. The van der Waals surface area contributed by atoms with Gasteiger partial charge in [-0.15, -0.1) is 0 Å². The van der Waals surface area contributed by atoms with Crippen LogP contribution in [0.4, 0.5) is 0 Å². The van der Waals surface area contributed by atoms with Crippen LogP contribution < -0.4 is 5.32 Å². The molecular formula is C15H31NO3. The Morgan fingerprint density at radius 2 is 1.95 bits per heavy atom. The van der Waals surface area contributed by atoms with E-state index < -0.39 is 5.54 Å². The number of carbonyl (C=O) groups is 1.